The van der Waals surface area contributed by atoms with Crippen LogP contribution in [0.15, 0.2) is 18.2 Å². The smallest absolute Gasteiger partial charge is 0.216 e. The molecule has 0 bridgehead atoms. The molecule has 1 heterocycles. The molecule has 21 heavy (non-hydrogen) atoms. The molecule has 1 aromatic rings. The quantitative estimate of drug-likeness (QED) is 0.848. The minimum Gasteiger partial charge on any atom is -0.381 e. The van der Waals surface area contributed by atoms with E-state index < -0.39 is 21.1 Å². The zero-order chi connectivity index (χ0) is 15.6. The summed E-state index contributed by atoms with van der Waals surface area (Å²) in [6.45, 7) is 0.696. The number of hydrogen-bond donors (Lipinski definition) is 0. The van der Waals surface area contributed by atoms with Crippen LogP contribution in [0.3, 0.4) is 0 Å². The van der Waals surface area contributed by atoms with Crippen LogP contribution in [0.4, 0.5) is 4.39 Å². The molecule has 0 N–H and O–H groups in total. The van der Waals surface area contributed by atoms with Gasteiger partial charge in [0, 0.05) is 37.2 Å². The van der Waals surface area contributed by atoms with Gasteiger partial charge in [-0.2, -0.15) is 0 Å². The molecule has 0 saturated carbocycles. The highest BCUT2D eigenvalue weighted by atomic mass is 35.5. The molecule has 1 aliphatic rings. The molecule has 2 atom stereocenters. The van der Waals surface area contributed by atoms with Gasteiger partial charge in [0.05, 0.1) is 11.9 Å². The van der Waals surface area contributed by atoms with Gasteiger partial charge in [-0.3, -0.25) is 0 Å². The van der Waals surface area contributed by atoms with E-state index in [-0.39, 0.29) is 12.3 Å². The molecule has 0 aromatic heterocycles. The van der Waals surface area contributed by atoms with E-state index in [4.69, 9.17) is 16.3 Å². The Labute approximate surface area is 129 Å². The number of halogens is 2. The Balaban J connectivity index is 2.28. The second-order valence-electron chi connectivity index (χ2n) is 5.39. The van der Waals surface area contributed by atoms with Crippen LogP contribution in [0.2, 0.25) is 5.02 Å². The van der Waals surface area contributed by atoms with Gasteiger partial charge in [0.25, 0.3) is 0 Å². The van der Waals surface area contributed by atoms with E-state index in [1.165, 1.54) is 30.5 Å². The fourth-order valence-electron chi connectivity index (χ4n) is 2.62. The Kier molecular flexibility index (Phi) is 5.24. The number of rotatable bonds is 4. The summed E-state index contributed by atoms with van der Waals surface area (Å²) in [5.74, 6) is -0.713. The number of nitrogens with zero attached hydrogens (tertiary/aromatic N) is 1. The molecule has 1 fully saturated rings. The normalized spacial score (nSPS) is 23.5. The first-order valence-corrected chi connectivity index (χ1v) is 8.64. The Morgan fingerprint density at radius 1 is 1.43 bits per heavy atom. The predicted molar refractivity (Wildman–Crippen MR) is 80.4 cm³/mol. The zero-order valence-electron chi connectivity index (χ0n) is 12.1. The zero-order valence-corrected chi connectivity index (χ0v) is 13.6. The van der Waals surface area contributed by atoms with Crippen molar-refractivity contribution < 1.29 is 17.5 Å². The average molecular weight is 336 g/mol. The van der Waals surface area contributed by atoms with E-state index in [1.54, 1.807) is 6.07 Å². The number of sulfonamides is 1. The van der Waals surface area contributed by atoms with Crippen molar-refractivity contribution in [1.29, 1.82) is 0 Å². The van der Waals surface area contributed by atoms with Crippen molar-refractivity contribution in [2.75, 3.05) is 27.3 Å². The minimum atomic E-state index is -3.41. The molecule has 0 spiro atoms. The van der Waals surface area contributed by atoms with Gasteiger partial charge in [0.2, 0.25) is 10.0 Å². The summed E-state index contributed by atoms with van der Waals surface area (Å²) in [6, 6.07) is 4.48. The van der Waals surface area contributed by atoms with Crippen LogP contribution in [0.25, 0.3) is 0 Å². The van der Waals surface area contributed by atoms with Gasteiger partial charge in [-0.05, 0) is 25.0 Å². The van der Waals surface area contributed by atoms with E-state index in [2.05, 4.69) is 0 Å². The van der Waals surface area contributed by atoms with Crippen LogP contribution < -0.4 is 0 Å². The third kappa shape index (κ3) is 3.56. The minimum absolute atomic E-state index is 0.253. The van der Waals surface area contributed by atoms with Crippen molar-refractivity contribution in [1.82, 2.24) is 4.31 Å². The fraction of sp³-hybridized carbons (Fsp3) is 0.571. The average Bonchev–Trinajstić information content (AvgIpc) is 2.43. The van der Waals surface area contributed by atoms with Gasteiger partial charge >= 0.3 is 0 Å². The highest BCUT2D eigenvalue weighted by molar-refractivity contribution is 7.89. The van der Waals surface area contributed by atoms with E-state index in [1.807, 2.05) is 0 Å². The Morgan fingerprint density at radius 3 is 2.76 bits per heavy atom. The standard InChI is InChI=1S/C14H19ClFNO3S/c1-17(2)21(18,19)14-6-7-20-9-10(14)8-11-12(15)4-3-5-13(11)16/h3-5,10,14H,6-9H2,1-2H3. The second kappa shape index (κ2) is 6.60. The number of hydrogen-bond acceptors (Lipinski definition) is 3. The molecular formula is C14H19ClFNO3S. The van der Waals surface area contributed by atoms with Crippen LogP contribution in [0.5, 0.6) is 0 Å². The Bertz CT molecular complexity index is 586. The molecule has 2 rings (SSSR count). The van der Waals surface area contributed by atoms with Crippen LogP contribution >= 0.6 is 11.6 Å². The van der Waals surface area contributed by atoms with E-state index in [0.29, 0.717) is 30.2 Å². The molecular weight excluding hydrogens is 317 g/mol. The largest absolute Gasteiger partial charge is 0.381 e. The molecule has 0 aliphatic carbocycles. The number of ether oxygens (including phenoxy) is 1. The molecule has 1 saturated heterocycles. The maximum absolute atomic E-state index is 13.9. The SMILES string of the molecule is CN(C)S(=O)(=O)C1CCOCC1Cc1c(F)cccc1Cl. The van der Waals surface area contributed by atoms with E-state index in [9.17, 15) is 12.8 Å². The Morgan fingerprint density at radius 2 is 2.14 bits per heavy atom. The summed E-state index contributed by atoms with van der Waals surface area (Å²) >= 11 is 6.03. The van der Waals surface area contributed by atoms with Crippen molar-refractivity contribution in [3.8, 4) is 0 Å². The summed E-state index contributed by atoms with van der Waals surface area (Å²) in [5.41, 5.74) is 0.355. The maximum atomic E-state index is 13.9. The second-order valence-corrected chi connectivity index (χ2v) is 8.17. The molecule has 1 aromatic carbocycles. The Hall–Kier alpha value is -0.690. The maximum Gasteiger partial charge on any atom is 0.216 e. The predicted octanol–water partition coefficient (Wildman–Crippen LogP) is 2.32. The van der Waals surface area contributed by atoms with Gasteiger partial charge in [0.1, 0.15) is 5.82 Å². The molecule has 1 aliphatic heterocycles. The summed E-state index contributed by atoms with van der Waals surface area (Å²) in [4.78, 5) is 0. The van der Waals surface area contributed by atoms with Crippen molar-refractivity contribution in [3.05, 3.63) is 34.6 Å². The highest BCUT2D eigenvalue weighted by Gasteiger charge is 2.38. The fourth-order valence-corrected chi connectivity index (χ4v) is 4.46. The van der Waals surface area contributed by atoms with Crippen molar-refractivity contribution in [2.45, 2.75) is 18.1 Å². The molecule has 2 unspecified atom stereocenters. The van der Waals surface area contributed by atoms with Crippen LogP contribution in [-0.4, -0.2) is 45.3 Å². The van der Waals surface area contributed by atoms with Crippen LogP contribution in [0.1, 0.15) is 12.0 Å². The lowest BCUT2D eigenvalue weighted by Crippen LogP contribution is -2.44. The lowest BCUT2D eigenvalue weighted by Gasteiger charge is -2.33. The van der Waals surface area contributed by atoms with Gasteiger partial charge in [0.15, 0.2) is 0 Å². The van der Waals surface area contributed by atoms with Crippen LogP contribution in [-0.2, 0) is 21.2 Å². The van der Waals surface area contributed by atoms with Crippen LogP contribution in [0, 0.1) is 11.7 Å². The molecule has 0 radical (unpaired) electrons. The molecule has 4 nitrogen and oxygen atoms in total. The summed E-state index contributed by atoms with van der Waals surface area (Å²) in [5, 5.41) is -0.251. The first kappa shape index (κ1) is 16.7. The monoisotopic (exact) mass is 335 g/mol. The van der Waals surface area contributed by atoms with E-state index in [0.717, 1.165) is 0 Å². The molecule has 7 heteroatoms. The molecule has 0 amide bonds. The topological polar surface area (TPSA) is 46.6 Å². The lowest BCUT2D eigenvalue weighted by molar-refractivity contribution is 0.0561. The highest BCUT2D eigenvalue weighted by Crippen LogP contribution is 2.30. The number of benzene rings is 1. The first-order valence-electron chi connectivity index (χ1n) is 6.76. The molecule has 118 valence electrons. The summed E-state index contributed by atoms with van der Waals surface area (Å²) in [7, 11) is -0.383. The third-order valence-electron chi connectivity index (χ3n) is 3.82. The van der Waals surface area contributed by atoms with E-state index >= 15 is 0 Å². The van der Waals surface area contributed by atoms with Crippen molar-refractivity contribution >= 4 is 21.6 Å². The lowest BCUT2D eigenvalue weighted by atomic mass is 9.93. The third-order valence-corrected chi connectivity index (χ3v) is 6.58. The summed E-state index contributed by atoms with van der Waals surface area (Å²) < 4.78 is 45.3. The first-order chi connectivity index (χ1) is 9.84. The van der Waals surface area contributed by atoms with Crippen molar-refractivity contribution in [2.24, 2.45) is 5.92 Å². The van der Waals surface area contributed by atoms with Gasteiger partial charge < -0.3 is 4.74 Å². The van der Waals surface area contributed by atoms with Gasteiger partial charge in [-0.1, -0.05) is 17.7 Å². The van der Waals surface area contributed by atoms with Gasteiger partial charge in [-0.15, -0.1) is 0 Å². The van der Waals surface area contributed by atoms with Gasteiger partial charge in [-0.25, -0.2) is 17.1 Å². The van der Waals surface area contributed by atoms with Crippen molar-refractivity contribution in [3.63, 3.8) is 0 Å². The summed E-state index contributed by atoms with van der Waals surface area (Å²) in [6.07, 6.45) is 0.667.